The number of imidazole rings is 1. The van der Waals surface area contributed by atoms with Gasteiger partial charge in [-0.1, -0.05) is 26.7 Å². The molecule has 1 aromatic heterocycles. The Morgan fingerprint density at radius 3 is 2.72 bits per heavy atom. The van der Waals surface area contributed by atoms with Crippen molar-refractivity contribution < 1.29 is 0 Å². The van der Waals surface area contributed by atoms with Gasteiger partial charge in [0, 0.05) is 18.4 Å². The standard InChI is InChI=1S/C15H25N3/c1-10-5-3-7-12(9-10)13-14(16)18-8-4-6-11(2)15(18)17-13/h10-12H,3-9,16H2,1-2H3. The largest absolute Gasteiger partial charge is 0.384 e. The molecule has 1 aliphatic heterocycles. The summed E-state index contributed by atoms with van der Waals surface area (Å²) in [5, 5.41) is 0. The van der Waals surface area contributed by atoms with E-state index in [2.05, 4.69) is 18.4 Å². The molecule has 1 aromatic rings. The van der Waals surface area contributed by atoms with Crippen LogP contribution < -0.4 is 5.73 Å². The first-order valence-electron chi connectivity index (χ1n) is 7.52. The van der Waals surface area contributed by atoms with Crippen LogP contribution in [0.3, 0.4) is 0 Å². The van der Waals surface area contributed by atoms with Crippen LogP contribution in [0.1, 0.15) is 75.7 Å². The molecule has 0 aromatic carbocycles. The van der Waals surface area contributed by atoms with Crippen molar-refractivity contribution in [1.29, 1.82) is 0 Å². The van der Waals surface area contributed by atoms with E-state index in [-0.39, 0.29) is 0 Å². The third kappa shape index (κ3) is 1.94. The van der Waals surface area contributed by atoms with Gasteiger partial charge in [-0.25, -0.2) is 4.98 Å². The Balaban J connectivity index is 1.93. The van der Waals surface area contributed by atoms with Gasteiger partial charge >= 0.3 is 0 Å². The fourth-order valence-corrected chi connectivity index (χ4v) is 3.78. The second-order valence-corrected chi connectivity index (χ2v) is 6.40. The molecule has 100 valence electrons. The highest BCUT2D eigenvalue weighted by molar-refractivity contribution is 5.42. The smallest absolute Gasteiger partial charge is 0.127 e. The zero-order valence-electron chi connectivity index (χ0n) is 11.7. The molecule has 3 unspecified atom stereocenters. The van der Waals surface area contributed by atoms with Crippen molar-refractivity contribution in [2.45, 2.75) is 70.8 Å². The summed E-state index contributed by atoms with van der Waals surface area (Å²) in [6, 6.07) is 0. The Kier molecular flexibility index (Phi) is 3.08. The van der Waals surface area contributed by atoms with Gasteiger partial charge in [-0.05, 0) is 31.6 Å². The molecule has 2 heterocycles. The van der Waals surface area contributed by atoms with E-state index in [1.54, 1.807) is 0 Å². The van der Waals surface area contributed by atoms with Gasteiger partial charge in [0.15, 0.2) is 0 Å². The van der Waals surface area contributed by atoms with Crippen molar-refractivity contribution in [3.63, 3.8) is 0 Å². The fraction of sp³-hybridized carbons (Fsp3) is 0.800. The van der Waals surface area contributed by atoms with Crippen LogP contribution in [0.4, 0.5) is 5.82 Å². The van der Waals surface area contributed by atoms with Gasteiger partial charge < -0.3 is 10.3 Å². The molecule has 0 bridgehead atoms. The zero-order chi connectivity index (χ0) is 12.7. The van der Waals surface area contributed by atoms with Crippen LogP contribution in [0.25, 0.3) is 0 Å². The van der Waals surface area contributed by atoms with E-state index in [1.807, 2.05) is 0 Å². The highest BCUT2D eigenvalue weighted by atomic mass is 15.2. The molecule has 1 aliphatic carbocycles. The van der Waals surface area contributed by atoms with Crippen molar-refractivity contribution in [2.75, 3.05) is 5.73 Å². The van der Waals surface area contributed by atoms with E-state index >= 15 is 0 Å². The molecule has 3 heteroatoms. The lowest BCUT2D eigenvalue weighted by Gasteiger charge is -2.25. The Morgan fingerprint density at radius 1 is 1.17 bits per heavy atom. The van der Waals surface area contributed by atoms with Crippen molar-refractivity contribution in [3.8, 4) is 0 Å². The summed E-state index contributed by atoms with van der Waals surface area (Å²) in [6.45, 7) is 5.71. The van der Waals surface area contributed by atoms with Gasteiger partial charge in [0.25, 0.3) is 0 Å². The van der Waals surface area contributed by atoms with Crippen LogP contribution >= 0.6 is 0 Å². The summed E-state index contributed by atoms with van der Waals surface area (Å²) < 4.78 is 2.28. The van der Waals surface area contributed by atoms with E-state index < -0.39 is 0 Å². The predicted molar refractivity (Wildman–Crippen MR) is 74.7 cm³/mol. The molecule has 3 nitrogen and oxygen atoms in total. The fourth-order valence-electron chi connectivity index (χ4n) is 3.78. The van der Waals surface area contributed by atoms with Crippen LogP contribution in [0.15, 0.2) is 0 Å². The van der Waals surface area contributed by atoms with Crippen molar-refractivity contribution in [3.05, 3.63) is 11.5 Å². The molecular formula is C15H25N3. The normalized spacial score (nSPS) is 32.2. The molecule has 18 heavy (non-hydrogen) atoms. The molecule has 3 atom stereocenters. The molecule has 0 radical (unpaired) electrons. The lowest BCUT2D eigenvalue weighted by molar-refractivity contribution is 0.341. The Bertz CT molecular complexity index is 435. The van der Waals surface area contributed by atoms with Crippen LogP contribution in [-0.2, 0) is 6.54 Å². The Hall–Kier alpha value is -0.990. The summed E-state index contributed by atoms with van der Waals surface area (Å²) in [7, 11) is 0. The van der Waals surface area contributed by atoms with E-state index in [9.17, 15) is 0 Å². The minimum Gasteiger partial charge on any atom is -0.384 e. The second kappa shape index (κ2) is 4.60. The maximum atomic E-state index is 6.36. The van der Waals surface area contributed by atoms with Gasteiger partial charge in [0.05, 0.1) is 5.69 Å². The van der Waals surface area contributed by atoms with Crippen molar-refractivity contribution >= 4 is 5.82 Å². The first-order chi connectivity index (χ1) is 8.66. The number of aromatic nitrogens is 2. The highest BCUT2D eigenvalue weighted by Gasteiger charge is 2.29. The lowest BCUT2D eigenvalue weighted by atomic mass is 9.81. The van der Waals surface area contributed by atoms with Crippen LogP contribution in [0.5, 0.6) is 0 Å². The maximum absolute atomic E-state index is 6.36. The number of nitrogens with zero attached hydrogens (tertiary/aromatic N) is 2. The first kappa shape index (κ1) is 12.1. The van der Waals surface area contributed by atoms with Crippen LogP contribution in [0, 0.1) is 5.92 Å². The van der Waals surface area contributed by atoms with Gasteiger partial charge in [0.2, 0.25) is 0 Å². The van der Waals surface area contributed by atoms with E-state index in [1.165, 1.54) is 50.0 Å². The monoisotopic (exact) mass is 247 g/mol. The third-order valence-electron chi connectivity index (χ3n) is 4.85. The van der Waals surface area contributed by atoms with Gasteiger partial charge in [-0.2, -0.15) is 0 Å². The maximum Gasteiger partial charge on any atom is 0.127 e. The lowest BCUT2D eigenvalue weighted by Crippen LogP contribution is -2.16. The first-order valence-corrected chi connectivity index (χ1v) is 7.52. The van der Waals surface area contributed by atoms with Crippen molar-refractivity contribution in [1.82, 2.24) is 9.55 Å². The molecule has 1 fully saturated rings. The molecule has 2 aliphatic rings. The number of rotatable bonds is 1. The Morgan fingerprint density at radius 2 is 2.00 bits per heavy atom. The molecule has 0 spiro atoms. The number of hydrogen-bond donors (Lipinski definition) is 1. The minimum absolute atomic E-state index is 0.579. The summed E-state index contributed by atoms with van der Waals surface area (Å²) in [5.74, 6) is 4.23. The van der Waals surface area contributed by atoms with Gasteiger partial charge in [-0.3, -0.25) is 0 Å². The van der Waals surface area contributed by atoms with E-state index in [4.69, 9.17) is 10.7 Å². The van der Waals surface area contributed by atoms with E-state index in [0.29, 0.717) is 11.8 Å². The predicted octanol–water partition coefficient (Wildman–Crippen LogP) is 3.66. The quantitative estimate of drug-likeness (QED) is 0.823. The molecule has 3 rings (SSSR count). The number of nitrogen functional groups attached to an aromatic ring is 1. The molecule has 0 saturated heterocycles. The summed E-state index contributed by atoms with van der Waals surface area (Å²) in [5.41, 5.74) is 7.58. The highest BCUT2D eigenvalue weighted by Crippen LogP contribution is 2.40. The van der Waals surface area contributed by atoms with Gasteiger partial charge in [0.1, 0.15) is 11.6 Å². The SMILES string of the molecule is CC1CCCC(c2nc3n(c2N)CCCC3C)C1. The number of nitrogens with two attached hydrogens (primary N) is 1. The second-order valence-electron chi connectivity index (χ2n) is 6.40. The summed E-state index contributed by atoms with van der Waals surface area (Å²) >= 11 is 0. The molecular weight excluding hydrogens is 222 g/mol. The summed E-state index contributed by atoms with van der Waals surface area (Å²) in [6.07, 6.45) is 7.77. The van der Waals surface area contributed by atoms with Crippen molar-refractivity contribution in [2.24, 2.45) is 5.92 Å². The Labute approximate surface area is 110 Å². The number of fused-ring (bicyclic) bond motifs is 1. The average molecular weight is 247 g/mol. The number of hydrogen-bond acceptors (Lipinski definition) is 2. The van der Waals surface area contributed by atoms with Gasteiger partial charge in [-0.15, -0.1) is 0 Å². The van der Waals surface area contributed by atoms with Crippen LogP contribution in [-0.4, -0.2) is 9.55 Å². The van der Waals surface area contributed by atoms with Crippen LogP contribution in [0.2, 0.25) is 0 Å². The minimum atomic E-state index is 0.579. The molecule has 2 N–H and O–H groups in total. The third-order valence-corrected chi connectivity index (χ3v) is 4.85. The van der Waals surface area contributed by atoms with E-state index in [0.717, 1.165) is 18.3 Å². The number of anilines is 1. The average Bonchev–Trinajstić information content (AvgIpc) is 2.69. The molecule has 0 amide bonds. The zero-order valence-corrected chi connectivity index (χ0v) is 11.7. The molecule has 1 saturated carbocycles. The summed E-state index contributed by atoms with van der Waals surface area (Å²) in [4.78, 5) is 4.93. The topological polar surface area (TPSA) is 43.8 Å².